The molecule has 12 heavy (non-hydrogen) atoms. The highest BCUT2D eigenvalue weighted by Gasteiger charge is 2.09. The number of hydrogen-bond donors (Lipinski definition) is 2. The van der Waals surface area contributed by atoms with Crippen LogP contribution in [0.15, 0.2) is 0 Å². The van der Waals surface area contributed by atoms with Crippen LogP contribution in [0.5, 0.6) is 0 Å². The molecule has 3 nitrogen and oxygen atoms in total. The lowest BCUT2D eigenvalue weighted by Crippen LogP contribution is -2.32. The summed E-state index contributed by atoms with van der Waals surface area (Å²) >= 11 is 0. The fraction of sp³-hybridized carbons (Fsp3) is 0.875. The Hall–Kier alpha value is -0.345. The maximum Gasteiger partial charge on any atom is 0.146 e. The van der Waals surface area contributed by atoms with E-state index in [2.05, 4.69) is 5.32 Å². The summed E-state index contributed by atoms with van der Waals surface area (Å²) in [6.45, 7) is 2.33. The van der Waals surface area contributed by atoms with Gasteiger partial charge in [-0.3, -0.25) is 4.79 Å². The third-order valence-electron chi connectivity index (χ3n) is 1.79. The lowest BCUT2D eigenvalue weighted by molar-refractivity contribution is -0.119. The van der Waals surface area contributed by atoms with Crippen molar-refractivity contribution in [2.24, 2.45) is 5.73 Å². The fourth-order valence-corrected chi connectivity index (χ4v) is 1.04. The first-order chi connectivity index (χ1) is 5.22. The highest BCUT2D eigenvalue weighted by molar-refractivity contribution is 5.81. The number of likely N-dealkylation sites (N-methyl/N-ethyl adjacent to an activating group) is 1. The Morgan fingerprint density at radius 1 is 1.50 bits per heavy atom. The molecule has 0 rings (SSSR count). The van der Waals surface area contributed by atoms with E-state index in [-0.39, 0.29) is 20.2 Å². The molecule has 69 valence electrons. The number of unbranched alkanes of at least 4 members (excludes halogenated alkanes) is 1. The van der Waals surface area contributed by atoms with Crippen LogP contribution >= 0.6 is 0 Å². The zero-order chi connectivity index (χ0) is 8.69. The predicted octanol–water partition coefficient (Wildman–Crippen LogP) is -0.0884. The minimum Gasteiger partial charge on any atom is -0.330 e. The average molecular weight is 169 g/mol. The van der Waals surface area contributed by atoms with Gasteiger partial charge in [0.05, 0.1) is 6.04 Å². The molecular weight excluding hydrogens is 151 g/mol. The molecule has 0 aromatic heterocycles. The van der Waals surface area contributed by atoms with Crippen LogP contribution in [0, 0.1) is 0 Å². The first-order valence-corrected chi connectivity index (χ1v) is 4.10. The van der Waals surface area contributed by atoms with E-state index in [0.29, 0.717) is 6.54 Å². The second kappa shape index (κ2) is 8.75. The Morgan fingerprint density at radius 2 is 2.08 bits per heavy atom. The molecule has 1 atom stereocenters. The van der Waals surface area contributed by atoms with Crippen LogP contribution in [0.2, 0.25) is 0 Å². The van der Waals surface area contributed by atoms with Crippen LogP contribution in [0.1, 0.15) is 26.2 Å². The van der Waals surface area contributed by atoms with Gasteiger partial charge in [-0.1, -0.05) is 6.42 Å². The highest BCUT2D eigenvalue weighted by atomic mass is 16.1. The summed E-state index contributed by atoms with van der Waals surface area (Å²) in [5.74, 6) is 0.213. The topological polar surface area (TPSA) is 55.1 Å². The van der Waals surface area contributed by atoms with Crippen molar-refractivity contribution >= 4 is 14.2 Å². The van der Waals surface area contributed by atoms with Gasteiger partial charge in [-0.2, -0.15) is 0 Å². The van der Waals surface area contributed by atoms with E-state index in [1.807, 2.05) is 7.05 Å². The second-order valence-corrected chi connectivity index (χ2v) is 2.74. The van der Waals surface area contributed by atoms with Gasteiger partial charge < -0.3 is 11.1 Å². The molecule has 3 N–H and O–H groups in total. The van der Waals surface area contributed by atoms with E-state index < -0.39 is 0 Å². The van der Waals surface area contributed by atoms with Crippen LogP contribution < -0.4 is 11.1 Å². The second-order valence-electron chi connectivity index (χ2n) is 2.74. The SMILES string of the molecule is CN[C@@H](CCCCN)C(C)=O.[B]. The molecule has 0 spiro atoms. The molecule has 0 aromatic rings. The van der Waals surface area contributed by atoms with E-state index in [4.69, 9.17) is 5.73 Å². The molecule has 0 aromatic carbocycles. The van der Waals surface area contributed by atoms with Crippen molar-refractivity contribution in [1.82, 2.24) is 5.32 Å². The molecular formula is C8H18BN2O. The minimum atomic E-state index is 0. The van der Waals surface area contributed by atoms with Gasteiger partial charge in [0.2, 0.25) is 0 Å². The van der Waals surface area contributed by atoms with Gasteiger partial charge in [-0.15, -0.1) is 0 Å². The standard InChI is InChI=1S/C8H18N2O.B/c1-7(11)8(10-2)5-3-4-6-9;/h8,10H,3-6,9H2,1-2H3;/t8-;/m0./s1. The molecule has 0 aliphatic rings. The summed E-state index contributed by atoms with van der Waals surface area (Å²) in [5, 5.41) is 2.97. The first-order valence-electron chi connectivity index (χ1n) is 4.10. The van der Waals surface area contributed by atoms with Gasteiger partial charge in [0.1, 0.15) is 5.78 Å². The van der Waals surface area contributed by atoms with Crippen molar-refractivity contribution < 1.29 is 4.79 Å². The first kappa shape index (κ1) is 14.2. The Bertz CT molecular complexity index is 120. The number of Topliss-reactive ketones (excluding diaryl/α,β-unsaturated/α-hetero) is 1. The normalized spacial score (nSPS) is 11.9. The molecule has 0 bridgehead atoms. The largest absolute Gasteiger partial charge is 0.330 e. The van der Waals surface area contributed by atoms with E-state index in [1.54, 1.807) is 6.92 Å². The third-order valence-corrected chi connectivity index (χ3v) is 1.79. The number of hydrogen-bond acceptors (Lipinski definition) is 3. The third kappa shape index (κ3) is 6.37. The van der Waals surface area contributed by atoms with E-state index in [9.17, 15) is 4.79 Å². The van der Waals surface area contributed by atoms with E-state index >= 15 is 0 Å². The van der Waals surface area contributed by atoms with Crippen molar-refractivity contribution in [3.05, 3.63) is 0 Å². The van der Waals surface area contributed by atoms with Gasteiger partial charge in [-0.25, -0.2) is 0 Å². The summed E-state index contributed by atoms with van der Waals surface area (Å²) in [4.78, 5) is 10.9. The monoisotopic (exact) mass is 169 g/mol. The summed E-state index contributed by atoms with van der Waals surface area (Å²) in [7, 11) is 1.81. The maximum absolute atomic E-state index is 10.9. The Kier molecular flexibility index (Phi) is 10.3. The predicted molar refractivity (Wildman–Crippen MR) is 52.2 cm³/mol. The van der Waals surface area contributed by atoms with Gasteiger partial charge in [-0.05, 0) is 33.4 Å². The molecule has 4 heteroatoms. The molecule has 0 unspecified atom stereocenters. The molecule has 3 radical (unpaired) electrons. The van der Waals surface area contributed by atoms with E-state index in [1.165, 1.54) is 0 Å². The van der Waals surface area contributed by atoms with E-state index in [0.717, 1.165) is 19.3 Å². The molecule has 0 saturated heterocycles. The van der Waals surface area contributed by atoms with Crippen LogP contribution in [-0.4, -0.2) is 33.8 Å². The Labute approximate surface area is 76.7 Å². The van der Waals surface area contributed by atoms with Crippen molar-refractivity contribution in [1.29, 1.82) is 0 Å². The molecule has 0 amide bonds. The summed E-state index contributed by atoms with van der Waals surface area (Å²) in [6.07, 6.45) is 2.94. The maximum atomic E-state index is 10.9. The van der Waals surface area contributed by atoms with Crippen molar-refractivity contribution in [3.63, 3.8) is 0 Å². The summed E-state index contributed by atoms with van der Waals surface area (Å²) < 4.78 is 0. The fourth-order valence-electron chi connectivity index (χ4n) is 1.04. The van der Waals surface area contributed by atoms with Crippen LogP contribution in [-0.2, 0) is 4.79 Å². The van der Waals surface area contributed by atoms with Crippen molar-refractivity contribution in [3.8, 4) is 0 Å². The van der Waals surface area contributed by atoms with Gasteiger partial charge in [0.25, 0.3) is 0 Å². The number of rotatable bonds is 6. The molecule has 0 aliphatic heterocycles. The van der Waals surface area contributed by atoms with Crippen molar-refractivity contribution in [2.45, 2.75) is 32.2 Å². The average Bonchev–Trinajstić information content (AvgIpc) is 1.97. The lowest BCUT2D eigenvalue weighted by Gasteiger charge is -2.11. The number of nitrogens with one attached hydrogen (secondary N) is 1. The number of carbonyl (C=O) groups is 1. The molecule has 0 heterocycles. The summed E-state index contributed by atoms with van der Waals surface area (Å²) in [6, 6.07) is 0.0292. The molecule has 0 saturated carbocycles. The van der Waals surface area contributed by atoms with Crippen LogP contribution in [0.4, 0.5) is 0 Å². The number of carbonyl (C=O) groups excluding carboxylic acids is 1. The smallest absolute Gasteiger partial charge is 0.146 e. The molecule has 0 aliphatic carbocycles. The molecule has 0 fully saturated rings. The van der Waals surface area contributed by atoms with Gasteiger partial charge >= 0.3 is 0 Å². The Morgan fingerprint density at radius 3 is 2.42 bits per heavy atom. The Balaban J connectivity index is 0. The quantitative estimate of drug-likeness (QED) is 0.431. The zero-order valence-corrected chi connectivity index (χ0v) is 7.97. The zero-order valence-electron chi connectivity index (χ0n) is 7.97. The van der Waals surface area contributed by atoms with Gasteiger partial charge in [0.15, 0.2) is 0 Å². The van der Waals surface area contributed by atoms with Crippen molar-refractivity contribution in [2.75, 3.05) is 13.6 Å². The highest BCUT2D eigenvalue weighted by Crippen LogP contribution is 2.00. The number of ketones is 1. The number of nitrogens with two attached hydrogens (primary N) is 1. The van der Waals surface area contributed by atoms with Gasteiger partial charge in [0, 0.05) is 8.41 Å². The minimum absolute atomic E-state index is 0. The van der Waals surface area contributed by atoms with Crippen LogP contribution in [0.3, 0.4) is 0 Å². The summed E-state index contributed by atoms with van der Waals surface area (Å²) in [5.41, 5.74) is 5.33. The van der Waals surface area contributed by atoms with Crippen LogP contribution in [0.25, 0.3) is 0 Å². The lowest BCUT2D eigenvalue weighted by atomic mass is 10.1.